The summed E-state index contributed by atoms with van der Waals surface area (Å²) in [4.78, 5) is 31.7. The van der Waals surface area contributed by atoms with Crippen LogP contribution in [0, 0.1) is 0 Å². The number of fused-ring (bicyclic) bond motifs is 2. The van der Waals surface area contributed by atoms with Gasteiger partial charge in [-0.05, 0) is 25.0 Å². The molecule has 1 aliphatic rings. The zero-order chi connectivity index (χ0) is 17.6. The van der Waals surface area contributed by atoms with Crippen LogP contribution in [0.15, 0.2) is 33.9 Å². The summed E-state index contributed by atoms with van der Waals surface area (Å²) < 4.78 is 2.73. The van der Waals surface area contributed by atoms with E-state index in [4.69, 9.17) is 4.98 Å². The van der Waals surface area contributed by atoms with Crippen molar-refractivity contribution in [3.8, 4) is 0 Å². The molecule has 0 aliphatic heterocycles. The summed E-state index contributed by atoms with van der Waals surface area (Å²) in [5, 5.41) is 0.880. The fourth-order valence-corrected chi connectivity index (χ4v) is 4.93. The molecule has 0 saturated heterocycles. The molecule has 5 heteroatoms. The molecule has 2 heterocycles. The third-order valence-corrected chi connectivity index (χ3v) is 6.20. The minimum absolute atomic E-state index is 0.146. The Bertz CT molecular complexity index is 1060. The van der Waals surface area contributed by atoms with Crippen LogP contribution in [0.1, 0.15) is 63.7 Å². The Hall–Kier alpha value is -2.01. The minimum Gasteiger partial charge on any atom is -0.293 e. The number of nitrogens with zero attached hydrogens (tertiary/aromatic N) is 2. The first-order valence-corrected chi connectivity index (χ1v) is 9.87. The summed E-state index contributed by atoms with van der Waals surface area (Å²) in [5.74, 6) is 0.961. The maximum absolute atomic E-state index is 13.3. The van der Waals surface area contributed by atoms with Crippen molar-refractivity contribution >= 4 is 31.6 Å². The molecule has 2 aromatic heterocycles. The van der Waals surface area contributed by atoms with E-state index in [1.54, 1.807) is 6.07 Å². The summed E-state index contributed by atoms with van der Waals surface area (Å²) in [7, 11) is 0. The van der Waals surface area contributed by atoms with Crippen molar-refractivity contribution in [1.29, 1.82) is 0 Å². The highest BCUT2D eigenvalue weighted by Gasteiger charge is 2.24. The lowest BCUT2D eigenvalue weighted by Gasteiger charge is -2.27. The van der Waals surface area contributed by atoms with Gasteiger partial charge in [0.2, 0.25) is 5.43 Å². The first-order valence-electron chi connectivity index (χ1n) is 9.06. The summed E-state index contributed by atoms with van der Waals surface area (Å²) in [6.07, 6.45) is 5.49. The second-order valence-electron chi connectivity index (χ2n) is 7.20. The zero-order valence-electron chi connectivity index (χ0n) is 14.6. The van der Waals surface area contributed by atoms with Crippen molar-refractivity contribution in [2.45, 2.75) is 57.9 Å². The Morgan fingerprint density at radius 3 is 2.56 bits per heavy atom. The molecule has 0 N–H and O–H groups in total. The van der Waals surface area contributed by atoms with E-state index in [1.165, 1.54) is 17.8 Å². The summed E-state index contributed by atoms with van der Waals surface area (Å²) in [6.45, 7) is 4.13. The molecule has 4 rings (SSSR count). The lowest BCUT2D eigenvalue weighted by atomic mass is 9.94. The molecule has 3 aromatic rings. The molecule has 0 bridgehead atoms. The molecule has 25 heavy (non-hydrogen) atoms. The molecule has 0 unspecified atom stereocenters. The Morgan fingerprint density at radius 2 is 1.84 bits per heavy atom. The van der Waals surface area contributed by atoms with Gasteiger partial charge < -0.3 is 0 Å². The third-order valence-electron chi connectivity index (χ3n) is 5.13. The quantitative estimate of drug-likeness (QED) is 0.632. The number of rotatable bonds is 2. The van der Waals surface area contributed by atoms with E-state index in [0.29, 0.717) is 10.2 Å². The third kappa shape index (κ3) is 2.71. The lowest BCUT2D eigenvalue weighted by molar-refractivity contribution is 0.333. The standard InChI is InChI=1S/C20H22N2O2S/c1-12(2)18-21-19-16(17(23)14-10-6-7-11-15(14)25-19)20(24)22(18)13-8-4-3-5-9-13/h6-7,10-13H,3-5,8-9H2,1-2H3. The number of hydrogen-bond donors (Lipinski definition) is 0. The zero-order valence-corrected chi connectivity index (χ0v) is 15.4. The van der Waals surface area contributed by atoms with Gasteiger partial charge in [0.05, 0.1) is 0 Å². The van der Waals surface area contributed by atoms with E-state index in [-0.39, 0.29) is 28.3 Å². The van der Waals surface area contributed by atoms with Gasteiger partial charge in [0, 0.05) is 22.0 Å². The van der Waals surface area contributed by atoms with Gasteiger partial charge in [-0.15, -0.1) is 11.3 Å². The summed E-state index contributed by atoms with van der Waals surface area (Å²) >= 11 is 1.44. The molecular weight excluding hydrogens is 332 g/mol. The maximum Gasteiger partial charge on any atom is 0.266 e. The summed E-state index contributed by atoms with van der Waals surface area (Å²) in [6, 6.07) is 7.65. The van der Waals surface area contributed by atoms with Crippen LogP contribution in [0.4, 0.5) is 0 Å². The van der Waals surface area contributed by atoms with E-state index in [1.807, 2.05) is 22.8 Å². The first-order chi connectivity index (χ1) is 12.1. The van der Waals surface area contributed by atoms with Gasteiger partial charge in [-0.3, -0.25) is 14.2 Å². The van der Waals surface area contributed by atoms with E-state index < -0.39 is 0 Å². The average Bonchev–Trinajstić information content (AvgIpc) is 2.62. The Labute approximate surface area is 150 Å². The number of hydrogen-bond acceptors (Lipinski definition) is 4. The largest absolute Gasteiger partial charge is 0.293 e. The minimum atomic E-state index is -0.179. The molecule has 1 saturated carbocycles. The van der Waals surface area contributed by atoms with Crippen LogP contribution >= 0.6 is 11.3 Å². The van der Waals surface area contributed by atoms with Crippen molar-refractivity contribution < 1.29 is 0 Å². The van der Waals surface area contributed by atoms with Crippen molar-refractivity contribution in [2.24, 2.45) is 0 Å². The van der Waals surface area contributed by atoms with E-state index >= 15 is 0 Å². The second kappa shape index (κ2) is 6.37. The van der Waals surface area contributed by atoms with Crippen molar-refractivity contribution in [2.75, 3.05) is 0 Å². The van der Waals surface area contributed by atoms with Crippen molar-refractivity contribution in [3.63, 3.8) is 0 Å². The fraction of sp³-hybridized carbons (Fsp3) is 0.450. The van der Waals surface area contributed by atoms with Crippen LogP contribution in [-0.2, 0) is 0 Å². The SMILES string of the molecule is CC(C)c1nc2sc3ccccc3c(=O)c2c(=O)n1C1CCCCC1. The predicted molar refractivity (Wildman–Crippen MR) is 104 cm³/mol. The molecular formula is C20H22N2O2S. The van der Waals surface area contributed by atoms with Gasteiger partial charge in [-0.25, -0.2) is 4.98 Å². The van der Waals surface area contributed by atoms with Crippen molar-refractivity contribution in [3.05, 3.63) is 50.7 Å². The van der Waals surface area contributed by atoms with E-state index in [9.17, 15) is 9.59 Å². The molecule has 0 atom stereocenters. The van der Waals surface area contributed by atoms with Gasteiger partial charge in [-0.1, -0.05) is 45.2 Å². The second-order valence-corrected chi connectivity index (χ2v) is 8.23. The predicted octanol–water partition coefficient (Wildman–Crippen LogP) is 4.60. The molecule has 0 radical (unpaired) electrons. The van der Waals surface area contributed by atoms with Crippen LogP contribution in [0.3, 0.4) is 0 Å². The Balaban J connectivity index is 2.10. The maximum atomic E-state index is 13.3. The number of benzene rings is 1. The lowest BCUT2D eigenvalue weighted by Crippen LogP contribution is -2.33. The molecule has 1 aromatic carbocycles. The highest BCUT2D eigenvalue weighted by atomic mass is 32.1. The topological polar surface area (TPSA) is 52.0 Å². The molecule has 130 valence electrons. The van der Waals surface area contributed by atoms with Gasteiger partial charge in [0.1, 0.15) is 16.0 Å². The Kier molecular flexibility index (Phi) is 4.20. The van der Waals surface area contributed by atoms with Crippen molar-refractivity contribution in [1.82, 2.24) is 9.55 Å². The van der Waals surface area contributed by atoms with E-state index in [0.717, 1.165) is 36.2 Å². The Morgan fingerprint density at radius 1 is 1.12 bits per heavy atom. The van der Waals surface area contributed by atoms with Crippen LogP contribution < -0.4 is 11.0 Å². The average molecular weight is 354 g/mol. The van der Waals surface area contributed by atoms with E-state index in [2.05, 4.69) is 13.8 Å². The summed E-state index contributed by atoms with van der Waals surface area (Å²) in [5.41, 5.74) is -0.325. The smallest absolute Gasteiger partial charge is 0.266 e. The molecule has 4 nitrogen and oxygen atoms in total. The molecule has 1 aliphatic carbocycles. The van der Waals surface area contributed by atoms with Crippen LogP contribution in [-0.4, -0.2) is 9.55 Å². The van der Waals surface area contributed by atoms with Crippen LogP contribution in [0.2, 0.25) is 0 Å². The molecule has 0 amide bonds. The molecule has 0 spiro atoms. The fourth-order valence-electron chi connectivity index (χ4n) is 3.88. The molecule has 1 fully saturated rings. The van der Waals surface area contributed by atoms with Gasteiger partial charge in [-0.2, -0.15) is 0 Å². The normalized spacial score (nSPS) is 16.1. The highest BCUT2D eigenvalue weighted by Crippen LogP contribution is 2.31. The first kappa shape index (κ1) is 16.5. The van der Waals surface area contributed by atoms with Gasteiger partial charge in [0.25, 0.3) is 5.56 Å². The van der Waals surface area contributed by atoms with Gasteiger partial charge in [0.15, 0.2) is 0 Å². The van der Waals surface area contributed by atoms with Crippen LogP contribution in [0.5, 0.6) is 0 Å². The monoisotopic (exact) mass is 354 g/mol. The highest BCUT2D eigenvalue weighted by molar-refractivity contribution is 7.24. The van der Waals surface area contributed by atoms with Crippen LogP contribution in [0.25, 0.3) is 20.3 Å². The van der Waals surface area contributed by atoms with Gasteiger partial charge >= 0.3 is 0 Å². The number of aromatic nitrogens is 2.